The van der Waals surface area contributed by atoms with Crippen LogP contribution >= 0.6 is 0 Å². The molecule has 0 aliphatic carbocycles. The Hall–Kier alpha value is -4.46. The van der Waals surface area contributed by atoms with Crippen molar-refractivity contribution >= 4 is 23.8 Å². The number of nitrogens with two attached hydrogens (primary N) is 2. The van der Waals surface area contributed by atoms with Gasteiger partial charge in [0, 0.05) is 0 Å². The fraction of sp³-hybridized carbons (Fsp3) is 0.333. The fourth-order valence-corrected chi connectivity index (χ4v) is 6.00. The molecule has 41 heavy (non-hydrogen) atoms. The van der Waals surface area contributed by atoms with Crippen LogP contribution in [0.3, 0.4) is 0 Å². The molecule has 7 unspecified atom stereocenters. The number of carbonyl (C=O) groups excluding carboxylic acids is 2. The average Bonchev–Trinajstić information content (AvgIpc) is 2.96. The Morgan fingerprint density at radius 1 is 0.585 bits per heavy atom. The van der Waals surface area contributed by atoms with Crippen LogP contribution in [-0.2, 0) is 19.2 Å². The van der Waals surface area contributed by atoms with Crippen LogP contribution in [-0.4, -0.2) is 34.0 Å². The predicted molar refractivity (Wildman–Crippen MR) is 156 cm³/mol. The van der Waals surface area contributed by atoms with Crippen molar-refractivity contribution in [2.45, 2.75) is 44.4 Å². The monoisotopic (exact) mass is 558 g/mol. The van der Waals surface area contributed by atoms with Gasteiger partial charge in [0.1, 0.15) is 0 Å². The Bertz CT molecular complexity index is 1320. The number of carboxylic acid groups (broad SMARTS) is 2. The number of amides is 2. The van der Waals surface area contributed by atoms with Crippen molar-refractivity contribution in [1.82, 2.24) is 0 Å². The van der Waals surface area contributed by atoms with Gasteiger partial charge in [-0.25, -0.2) is 0 Å². The van der Waals surface area contributed by atoms with Gasteiger partial charge in [-0.15, -0.1) is 0 Å². The summed E-state index contributed by atoms with van der Waals surface area (Å²) < 4.78 is 0. The maximum Gasteiger partial charge on any atom is 0.307 e. The second-order valence-corrected chi connectivity index (χ2v) is 10.7. The summed E-state index contributed by atoms with van der Waals surface area (Å²) in [7, 11) is 0. The lowest BCUT2D eigenvalue weighted by Crippen LogP contribution is -2.43. The molecule has 6 N–H and O–H groups in total. The van der Waals surface area contributed by atoms with Crippen LogP contribution in [0.25, 0.3) is 0 Å². The number of aliphatic carboxylic acids is 2. The minimum absolute atomic E-state index is 0.105. The maximum atomic E-state index is 13.1. The van der Waals surface area contributed by atoms with Gasteiger partial charge in [0.15, 0.2) is 0 Å². The highest BCUT2D eigenvalue weighted by Crippen LogP contribution is 2.43. The first-order valence-corrected chi connectivity index (χ1v) is 13.7. The molecule has 8 nitrogen and oxygen atoms in total. The highest BCUT2D eigenvalue weighted by Gasteiger charge is 2.45. The molecule has 0 aromatic heterocycles. The summed E-state index contributed by atoms with van der Waals surface area (Å²) in [6, 6.07) is 27.0. The molecule has 0 bridgehead atoms. The quantitative estimate of drug-likeness (QED) is 0.210. The van der Waals surface area contributed by atoms with Gasteiger partial charge < -0.3 is 21.7 Å². The van der Waals surface area contributed by atoms with Crippen LogP contribution in [0.1, 0.15) is 61.1 Å². The van der Waals surface area contributed by atoms with Crippen LogP contribution in [0.2, 0.25) is 0 Å². The lowest BCUT2D eigenvalue weighted by Gasteiger charge is -2.35. The molecule has 3 aromatic rings. The van der Waals surface area contributed by atoms with Gasteiger partial charge in [0.05, 0.1) is 23.7 Å². The number of benzene rings is 3. The van der Waals surface area contributed by atoms with Crippen molar-refractivity contribution in [2.24, 2.45) is 35.1 Å². The lowest BCUT2D eigenvalue weighted by atomic mass is 9.67. The van der Waals surface area contributed by atoms with E-state index in [1.54, 1.807) is 61.5 Å². The van der Waals surface area contributed by atoms with Gasteiger partial charge in [-0.05, 0) is 47.3 Å². The van der Waals surface area contributed by atoms with Crippen LogP contribution in [0.15, 0.2) is 91.0 Å². The molecular weight excluding hydrogens is 520 g/mol. The van der Waals surface area contributed by atoms with Crippen LogP contribution in [0, 0.1) is 23.7 Å². The zero-order valence-corrected chi connectivity index (χ0v) is 23.3. The summed E-state index contributed by atoms with van der Waals surface area (Å²) in [5, 5.41) is 20.8. The highest BCUT2D eigenvalue weighted by atomic mass is 16.4. The van der Waals surface area contributed by atoms with E-state index in [0.717, 1.165) is 11.1 Å². The SMILES string of the molecule is CC(CC(C(=O)O)C(C(N)=O)C(CC(C(=O)O)C(C(N)=O)C(C)c1ccccc1)c1ccccc1)c1ccccc1. The van der Waals surface area contributed by atoms with Crippen LogP contribution < -0.4 is 11.5 Å². The molecule has 3 rings (SSSR count). The molecule has 0 aliphatic rings. The van der Waals surface area contributed by atoms with Gasteiger partial charge >= 0.3 is 11.9 Å². The standard InChI is InChI=1S/C33H38N2O6/c1-20(22-12-6-3-7-13-22)18-26(32(38)39)29(31(35)37)25(24-16-10-5-11-17-24)19-27(33(40)41)28(30(34)36)21(2)23-14-8-4-9-15-23/h3-17,20-21,25-29H,18-19H2,1-2H3,(H2,34,36)(H2,35,37)(H,38,39)(H,40,41). The maximum absolute atomic E-state index is 13.1. The van der Waals surface area contributed by atoms with Gasteiger partial charge in [0.25, 0.3) is 0 Å². The summed E-state index contributed by atoms with van der Waals surface area (Å²) in [4.78, 5) is 51.4. The number of carboxylic acids is 2. The van der Waals surface area contributed by atoms with E-state index < -0.39 is 59.3 Å². The molecule has 2 amide bonds. The first-order chi connectivity index (χ1) is 19.5. The molecule has 0 fully saturated rings. The molecule has 8 heteroatoms. The molecule has 0 radical (unpaired) electrons. The molecule has 0 heterocycles. The summed E-state index contributed by atoms with van der Waals surface area (Å²) in [5.74, 6) is -10.6. The van der Waals surface area contributed by atoms with Crippen molar-refractivity contribution in [3.05, 3.63) is 108 Å². The highest BCUT2D eigenvalue weighted by molar-refractivity contribution is 5.86. The Morgan fingerprint density at radius 2 is 0.976 bits per heavy atom. The second-order valence-electron chi connectivity index (χ2n) is 10.7. The molecule has 7 atom stereocenters. The van der Waals surface area contributed by atoms with E-state index in [4.69, 9.17) is 11.5 Å². The lowest BCUT2D eigenvalue weighted by molar-refractivity contribution is -0.150. The number of hydrogen-bond donors (Lipinski definition) is 4. The van der Waals surface area contributed by atoms with Gasteiger partial charge in [-0.1, -0.05) is 105 Å². The summed E-state index contributed by atoms with van der Waals surface area (Å²) in [5.41, 5.74) is 14.0. The van der Waals surface area contributed by atoms with E-state index in [1.807, 2.05) is 43.3 Å². The van der Waals surface area contributed by atoms with Crippen molar-refractivity contribution < 1.29 is 29.4 Å². The molecule has 0 saturated carbocycles. The fourth-order valence-electron chi connectivity index (χ4n) is 6.00. The van der Waals surface area contributed by atoms with Crippen molar-refractivity contribution in [2.75, 3.05) is 0 Å². The van der Waals surface area contributed by atoms with Crippen molar-refractivity contribution in [3.8, 4) is 0 Å². The summed E-state index contributed by atoms with van der Waals surface area (Å²) >= 11 is 0. The molecular formula is C33H38N2O6. The Kier molecular flexibility index (Phi) is 10.8. The summed E-state index contributed by atoms with van der Waals surface area (Å²) in [6.07, 6.45) is -0.102. The van der Waals surface area contributed by atoms with E-state index in [-0.39, 0.29) is 18.8 Å². The minimum Gasteiger partial charge on any atom is -0.481 e. The smallest absolute Gasteiger partial charge is 0.307 e. The zero-order valence-electron chi connectivity index (χ0n) is 23.3. The van der Waals surface area contributed by atoms with E-state index in [1.165, 1.54) is 0 Å². The topological polar surface area (TPSA) is 161 Å². The largest absolute Gasteiger partial charge is 0.481 e. The van der Waals surface area contributed by atoms with Crippen molar-refractivity contribution in [1.29, 1.82) is 0 Å². The van der Waals surface area contributed by atoms with Crippen LogP contribution in [0.5, 0.6) is 0 Å². The van der Waals surface area contributed by atoms with E-state index in [0.29, 0.717) is 5.56 Å². The van der Waals surface area contributed by atoms with E-state index in [9.17, 15) is 29.4 Å². The van der Waals surface area contributed by atoms with Crippen LogP contribution in [0.4, 0.5) is 0 Å². The third-order valence-corrected chi connectivity index (χ3v) is 8.17. The van der Waals surface area contributed by atoms with Gasteiger partial charge in [0.2, 0.25) is 11.8 Å². The van der Waals surface area contributed by atoms with E-state index >= 15 is 0 Å². The molecule has 0 spiro atoms. The predicted octanol–water partition coefficient (Wildman–Crippen LogP) is 4.76. The third-order valence-electron chi connectivity index (χ3n) is 8.17. The summed E-state index contributed by atoms with van der Waals surface area (Å²) in [6.45, 7) is 3.62. The molecule has 216 valence electrons. The van der Waals surface area contributed by atoms with Gasteiger partial charge in [-0.3, -0.25) is 19.2 Å². The van der Waals surface area contributed by atoms with E-state index in [2.05, 4.69) is 0 Å². The number of primary amides is 2. The van der Waals surface area contributed by atoms with Gasteiger partial charge in [-0.2, -0.15) is 0 Å². The first kappa shape index (κ1) is 31.1. The number of carbonyl (C=O) groups is 4. The third kappa shape index (κ3) is 7.81. The Labute approximate surface area is 240 Å². The number of hydrogen-bond acceptors (Lipinski definition) is 4. The molecule has 0 aliphatic heterocycles. The first-order valence-electron chi connectivity index (χ1n) is 13.7. The second kappa shape index (κ2) is 14.3. The molecule has 3 aromatic carbocycles. The molecule has 0 saturated heterocycles. The Balaban J connectivity index is 2.09. The normalized spacial score (nSPS) is 16.3. The minimum atomic E-state index is -1.31. The average molecular weight is 559 g/mol. The zero-order chi connectivity index (χ0) is 30.1. The Morgan fingerprint density at radius 3 is 1.39 bits per heavy atom. The van der Waals surface area contributed by atoms with Crippen molar-refractivity contribution in [3.63, 3.8) is 0 Å². The number of rotatable bonds is 15.